The Balaban J connectivity index is 0.00000180. The van der Waals surface area contributed by atoms with Crippen LogP contribution in [0.4, 0.5) is 4.39 Å². The Morgan fingerprint density at radius 3 is 2.58 bits per heavy atom. The molecule has 0 aromatic heterocycles. The summed E-state index contributed by atoms with van der Waals surface area (Å²) in [5, 5.41) is 3.00. The van der Waals surface area contributed by atoms with Crippen molar-refractivity contribution >= 4 is 34.2 Å². The summed E-state index contributed by atoms with van der Waals surface area (Å²) in [4.78, 5) is 12.1. The Morgan fingerprint density at radius 2 is 2.05 bits per heavy atom. The number of halogens is 3. The van der Waals surface area contributed by atoms with Crippen molar-refractivity contribution in [3.63, 3.8) is 0 Å². The van der Waals surface area contributed by atoms with E-state index in [1.807, 2.05) is 0 Å². The van der Waals surface area contributed by atoms with E-state index in [9.17, 15) is 9.18 Å². The third-order valence-corrected chi connectivity index (χ3v) is 4.12. The van der Waals surface area contributed by atoms with Crippen LogP contribution < -0.4 is 11.1 Å². The Morgan fingerprint density at radius 1 is 1.42 bits per heavy atom. The second-order valence-electron chi connectivity index (χ2n) is 4.77. The molecule has 0 bridgehead atoms. The van der Waals surface area contributed by atoms with Gasteiger partial charge in [0.25, 0.3) is 5.91 Å². The third-order valence-electron chi connectivity index (χ3n) is 3.51. The summed E-state index contributed by atoms with van der Waals surface area (Å²) in [6, 6.07) is 4.25. The number of hydrogen-bond donors (Lipinski definition) is 2. The fraction of sp³-hybridized carbons (Fsp3) is 0.462. The first-order chi connectivity index (χ1) is 8.56. The predicted molar refractivity (Wildman–Crippen MR) is 79.1 cm³/mol. The topological polar surface area (TPSA) is 55.1 Å². The predicted octanol–water partition coefficient (Wildman–Crippen LogP) is 3.01. The highest BCUT2D eigenvalue weighted by molar-refractivity contribution is 9.10. The van der Waals surface area contributed by atoms with Crippen LogP contribution in [-0.4, -0.2) is 18.0 Å². The highest BCUT2D eigenvalue weighted by Gasteiger charge is 2.34. The fourth-order valence-electron chi connectivity index (χ4n) is 2.38. The molecule has 0 atom stereocenters. The van der Waals surface area contributed by atoms with Gasteiger partial charge < -0.3 is 11.1 Å². The standard InChI is InChI=1S/C13H16BrFN2O.ClH/c14-10-7-9(3-4-11(10)15)12(18)17-13(8-16)5-1-2-6-13;/h3-4,7H,1-2,5-6,8,16H2,(H,17,18);1H. The lowest BCUT2D eigenvalue weighted by Crippen LogP contribution is -2.51. The molecule has 3 N–H and O–H groups in total. The normalized spacial score (nSPS) is 16.8. The first kappa shape index (κ1) is 16.4. The first-order valence-corrected chi connectivity index (χ1v) is 6.83. The summed E-state index contributed by atoms with van der Waals surface area (Å²) in [5.74, 6) is -0.566. The van der Waals surface area contributed by atoms with E-state index in [2.05, 4.69) is 21.2 Å². The van der Waals surface area contributed by atoms with E-state index in [4.69, 9.17) is 5.73 Å². The van der Waals surface area contributed by atoms with Crippen LogP contribution in [0.1, 0.15) is 36.0 Å². The molecule has 1 aromatic rings. The van der Waals surface area contributed by atoms with Crippen molar-refractivity contribution in [3.8, 4) is 0 Å². The number of nitrogens with two attached hydrogens (primary N) is 1. The second-order valence-corrected chi connectivity index (χ2v) is 5.63. The maximum absolute atomic E-state index is 13.1. The van der Waals surface area contributed by atoms with Crippen LogP contribution in [0.25, 0.3) is 0 Å². The van der Waals surface area contributed by atoms with E-state index in [0.717, 1.165) is 25.7 Å². The van der Waals surface area contributed by atoms with E-state index in [-0.39, 0.29) is 29.7 Å². The molecule has 1 fully saturated rings. The molecule has 1 aliphatic rings. The summed E-state index contributed by atoms with van der Waals surface area (Å²) >= 11 is 3.08. The molecule has 19 heavy (non-hydrogen) atoms. The number of nitrogens with one attached hydrogen (secondary N) is 1. The summed E-state index contributed by atoms with van der Waals surface area (Å²) in [5.41, 5.74) is 5.93. The zero-order valence-electron chi connectivity index (χ0n) is 10.4. The quantitative estimate of drug-likeness (QED) is 0.879. The van der Waals surface area contributed by atoms with Crippen LogP contribution in [-0.2, 0) is 0 Å². The van der Waals surface area contributed by atoms with Gasteiger partial charge in [-0.05, 0) is 47.0 Å². The highest BCUT2D eigenvalue weighted by Crippen LogP contribution is 2.29. The SMILES string of the molecule is Cl.NCC1(NC(=O)c2ccc(F)c(Br)c2)CCCC1. The van der Waals surface area contributed by atoms with Gasteiger partial charge in [0.1, 0.15) is 5.82 Å². The maximum Gasteiger partial charge on any atom is 0.251 e. The fourth-order valence-corrected chi connectivity index (χ4v) is 2.76. The van der Waals surface area contributed by atoms with Crippen LogP contribution >= 0.6 is 28.3 Å². The van der Waals surface area contributed by atoms with Gasteiger partial charge in [-0.1, -0.05) is 12.8 Å². The maximum atomic E-state index is 13.1. The van der Waals surface area contributed by atoms with Crippen LogP contribution in [0, 0.1) is 5.82 Å². The average molecular weight is 352 g/mol. The average Bonchev–Trinajstić information content (AvgIpc) is 2.82. The van der Waals surface area contributed by atoms with E-state index < -0.39 is 0 Å². The molecular weight excluding hydrogens is 335 g/mol. The lowest BCUT2D eigenvalue weighted by molar-refractivity contribution is 0.0903. The van der Waals surface area contributed by atoms with Gasteiger partial charge in [0.05, 0.1) is 10.0 Å². The van der Waals surface area contributed by atoms with Gasteiger partial charge in [-0.15, -0.1) is 12.4 Å². The molecule has 0 saturated heterocycles. The van der Waals surface area contributed by atoms with E-state index in [0.29, 0.717) is 16.6 Å². The molecule has 106 valence electrons. The van der Waals surface area contributed by atoms with Crippen molar-refractivity contribution in [1.82, 2.24) is 5.32 Å². The zero-order chi connectivity index (χ0) is 13.2. The van der Waals surface area contributed by atoms with Gasteiger partial charge in [0.15, 0.2) is 0 Å². The molecule has 1 aliphatic carbocycles. The van der Waals surface area contributed by atoms with Gasteiger partial charge in [0.2, 0.25) is 0 Å². The Hall–Kier alpha value is -0.650. The smallest absolute Gasteiger partial charge is 0.251 e. The van der Waals surface area contributed by atoms with Gasteiger partial charge in [-0.3, -0.25) is 4.79 Å². The molecule has 0 radical (unpaired) electrons. The molecular formula is C13H17BrClFN2O. The van der Waals surface area contributed by atoms with Gasteiger partial charge >= 0.3 is 0 Å². The third kappa shape index (κ3) is 3.68. The molecule has 1 saturated carbocycles. The minimum atomic E-state index is -0.374. The second kappa shape index (κ2) is 6.68. The summed E-state index contributed by atoms with van der Waals surface area (Å²) in [7, 11) is 0. The molecule has 1 aromatic carbocycles. The number of carbonyl (C=O) groups excluding carboxylic acids is 1. The molecule has 0 spiro atoms. The van der Waals surface area contributed by atoms with E-state index in [1.54, 1.807) is 0 Å². The van der Waals surface area contributed by atoms with E-state index >= 15 is 0 Å². The van der Waals surface area contributed by atoms with Crippen molar-refractivity contribution < 1.29 is 9.18 Å². The lowest BCUT2D eigenvalue weighted by Gasteiger charge is -2.28. The number of benzene rings is 1. The number of rotatable bonds is 3. The van der Waals surface area contributed by atoms with E-state index in [1.165, 1.54) is 18.2 Å². The molecule has 0 unspecified atom stereocenters. The van der Waals surface area contributed by atoms with Crippen molar-refractivity contribution in [3.05, 3.63) is 34.1 Å². The lowest BCUT2D eigenvalue weighted by atomic mass is 9.97. The first-order valence-electron chi connectivity index (χ1n) is 6.04. The largest absolute Gasteiger partial charge is 0.345 e. The van der Waals surface area contributed by atoms with Crippen molar-refractivity contribution in [2.75, 3.05) is 6.54 Å². The Labute approximate surface area is 126 Å². The molecule has 2 rings (SSSR count). The van der Waals surface area contributed by atoms with Crippen molar-refractivity contribution in [2.24, 2.45) is 5.73 Å². The Kier molecular flexibility index (Phi) is 5.77. The molecule has 1 amide bonds. The van der Waals surface area contributed by atoms with Crippen molar-refractivity contribution in [2.45, 2.75) is 31.2 Å². The summed E-state index contributed by atoms with van der Waals surface area (Å²) < 4.78 is 13.4. The number of hydrogen-bond acceptors (Lipinski definition) is 2. The Bertz CT molecular complexity index is 464. The van der Waals surface area contributed by atoms with Crippen LogP contribution in [0.2, 0.25) is 0 Å². The van der Waals surface area contributed by atoms with Crippen LogP contribution in [0.15, 0.2) is 22.7 Å². The highest BCUT2D eigenvalue weighted by atomic mass is 79.9. The van der Waals surface area contributed by atoms with Crippen molar-refractivity contribution in [1.29, 1.82) is 0 Å². The minimum Gasteiger partial charge on any atom is -0.345 e. The molecule has 3 nitrogen and oxygen atoms in total. The number of carbonyl (C=O) groups is 1. The van der Waals surface area contributed by atoms with Crippen LogP contribution in [0.5, 0.6) is 0 Å². The van der Waals surface area contributed by atoms with Gasteiger partial charge in [-0.25, -0.2) is 4.39 Å². The minimum absolute atomic E-state index is 0. The zero-order valence-corrected chi connectivity index (χ0v) is 12.8. The molecule has 0 aliphatic heterocycles. The summed E-state index contributed by atoms with van der Waals surface area (Å²) in [6.45, 7) is 0.446. The molecule has 6 heteroatoms. The van der Waals surface area contributed by atoms with Gasteiger partial charge in [-0.2, -0.15) is 0 Å². The van der Waals surface area contributed by atoms with Crippen LogP contribution in [0.3, 0.4) is 0 Å². The molecule has 0 heterocycles. The number of amides is 1. The van der Waals surface area contributed by atoms with Gasteiger partial charge in [0, 0.05) is 12.1 Å². The summed E-state index contributed by atoms with van der Waals surface area (Å²) in [6.07, 6.45) is 4.00. The monoisotopic (exact) mass is 350 g/mol.